The van der Waals surface area contributed by atoms with Crippen molar-refractivity contribution in [2.75, 3.05) is 0 Å². The van der Waals surface area contributed by atoms with Crippen molar-refractivity contribution < 1.29 is 19.5 Å². The molecule has 0 aliphatic rings. The molecule has 1 rings (SSSR count). The summed E-state index contributed by atoms with van der Waals surface area (Å²) in [7, 11) is 0. The molecule has 0 aliphatic carbocycles. The van der Waals surface area contributed by atoms with E-state index < -0.39 is 30.4 Å². The standard InChI is InChI=1S/C11H17N5O4/c1-2-6(9-13-3-4-14-9)15-11(20)16-7(10(18)19)5-8(12)17/h3-4,6-7H,2,5H2,1H3,(H2,12,17)(H,13,14)(H,18,19)(H2,15,16,20)/t6?,7-/m0/s1. The summed E-state index contributed by atoms with van der Waals surface area (Å²) in [6.07, 6.45) is 3.25. The molecule has 3 amide bonds. The van der Waals surface area contributed by atoms with Crippen molar-refractivity contribution in [3.63, 3.8) is 0 Å². The zero-order valence-corrected chi connectivity index (χ0v) is 10.9. The summed E-state index contributed by atoms with van der Waals surface area (Å²) in [6, 6.07) is -2.45. The number of primary amides is 1. The van der Waals surface area contributed by atoms with E-state index in [1.807, 2.05) is 6.92 Å². The fraction of sp³-hybridized carbons (Fsp3) is 0.455. The van der Waals surface area contributed by atoms with E-state index in [4.69, 9.17) is 10.8 Å². The van der Waals surface area contributed by atoms with Gasteiger partial charge in [0.15, 0.2) is 0 Å². The van der Waals surface area contributed by atoms with Crippen molar-refractivity contribution >= 4 is 17.9 Å². The molecule has 0 fully saturated rings. The van der Waals surface area contributed by atoms with Gasteiger partial charge >= 0.3 is 12.0 Å². The number of hydrogen-bond donors (Lipinski definition) is 5. The number of nitrogens with one attached hydrogen (secondary N) is 3. The van der Waals surface area contributed by atoms with E-state index in [0.29, 0.717) is 12.2 Å². The molecule has 1 heterocycles. The number of imidazole rings is 1. The van der Waals surface area contributed by atoms with E-state index >= 15 is 0 Å². The van der Waals surface area contributed by atoms with Crippen molar-refractivity contribution in [1.82, 2.24) is 20.6 Å². The van der Waals surface area contributed by atoms with Crippen LogP contribution in [0.15, 0.2) is 12.4 Å². The van der Waals surface area contributed by atoms with Gasteiger partial charge in [0.2, 0.25) is 5.91 Å². The predicted octanol–water partition coefficient (Wildman–Crippen LogP) is -0.511. The number of nitrogens with two attached hydrogens (primary N) is 1. The largest absolute Gasteiger partial charge is 0.480 e. The number of hydrogen-bond acceptors (Lipinski definition) is 4. The van der Waals surface area contributed by atoms with Gasteiger partial charge in [-0.05, 0) is 6.42 Å². The van der Waals surface area contributed by atoms with Gasteiger partial charge in [0.25, 0.3) is 0 Å². The number of H-pyrrole nitrogens is 1. The van der Waals surface area contributed by atoms with Gasteiger partial charge in [-0.25, -0.2) is 14.6 Å². The summed E-state index contributed by atoms with van der Waals surface area (Å²) in [5.74, 6) is -1.58. The fourth-order valence-corrected chi connectivity index (χ4v) is 1.59. The molecule has 0 spiro atoms. The van der Waals surface area contributed by atoms with Crippen LogP contribution in [0.25, 0.3) is 0 Å². The van der Waals surface area contributed by atoms with Crippen molar-refractivity contribution in [3.05, 3.63) is 18.2 Å². The Bertz CT molecular complexity index is 473. The Morgan fingerprint density at radius 1 is 1.45 bits per heavy atom. The predicted molar refractivity (Wildman–Crippen MR) is 68.5 cm³/mol. The van der Waals surface area contributed by atoms with E-state index in [1.54, 1.807) is 12.4 Å². The van der Waals surface area contributed by atoms with Crippen molar-refractivity contribution in [2.24, 2.45) is 5.73 Å². The minimum Gasteiger partial charge on any atom is -0.480 e. The average molecular weight is 283 g/mol. The molecule has 0 aliphatic heterocycles. The van der Waals surface area contributed by atoms with Crippen LogP contribution >= 0.6 is 0 Å². The van der Waals surface area contributed by atoms with Gasteiger partial charge in [0, 0.05) is 12.4 Å². The molecular weight excluding hydrogens is 266 g/mol. The Labute approximate surface area is 114 Å². The maximum atomic E-state index is 11.7. The molecule has 110 valence electrons. The lowest BCUT2D eigenvalue weighted by atomic mass is 10.2. The lowest BCUT2D eigenvalue weighted by Crippen LogP contribution is -2.48. The van der Waals surface area contributed by atoms with Crippen LogP contribution < -0.4 is 16.4 Å². The molecule has 0 saturated heterocycles. The number of carboxylic acids is 1. The number of rotatable bonds is 7. The molecule has 20 heavy (non-hydrogen) atoms. The Hall–Kier alpha value is -2.58. The zero-order chi connectivity index (χ0) is 15.1. The number of amides is 3. The van der Waals surface area contributed by atoms with Crippen molar-refractivity contribution in [1.29, 1.82) is 0 Å². The summed E-state index contributed by atoms with van der Waals surface area (Å²) in [6.45, 7) is 1.84. The minimum atomic E-state index is -1.36. The van der Waals surface area contributed by atoms with E-state index in [-0.39, 0.29) is 6.04 Å². The third-order valence-corrected chi connectivity index (χ3v) is 2.57. The number of carboxylic acid groups (broad SMARTS) is 1. The van der Waals surface area contributed by atoms with Crippen LogP contribution in [0.3, 0.4) is 0 Å². The molecule has 2 atom stereocenters. The maximum Gasteiger partial charge on any atom is 0.326 e. The first-order valence-corrected chi connectivity index (χ1v) is 6.01. The molecule has 9 heteroatoms. The molecule has 1 aromatic heterocycles. The topological polar surface area (TPSA) is 150 Å². The molecule has 9 nitrogen and oxygen atoms in total. The second-order valence-electron chi connectivity index (χ2n) is 4.11. The summed E-state index contributed by atoms with van der Waals surface area (Å²) in [4.78, 5) is 40.2. The lowest BCUT2D eigenvalue weighted by molar-refractivity contribution is -0.140. The highest BCUT2D eigenvalue weighted by Gasteiger charge is 2.23. The summed E-state index contributed by atoms with van der Waals surface area (Å²) >= 11 is 0. The van der Waals surface area contributed by atoms with E-state index in [1.165, 1.54) is 0 Å². The molecule has 1 unspecified atom stereocenters. The monoisotopic (exact) mass is 283 g/mol. The summed E-state index contributed by atoms with van der Waals surface area (Å²) < 4.78 is 0. The van der Waals surface area contributed by atoms with Crippen LogP contribution in [-0.2, 0) is 9.59 Å². The maximum absolute atomic E-state index is 11.7. The van der Waals surface area contributed by atoms with E-state index in [0.717, 1.165) is 0 Å². The van der Waals surface area contributed by atoms with Gasteiger partial charge in [0.1, 0.15) is 11.9 Å². The number of aromatic nitrogens is 2. The SMILES string of the molecule is CCC(NC(=O)N[C@@H](CC(N)=O)C(=O)O)c1ncc[nH]1. The molecule has 0 saturated carbocycles. The van der Waals surface area contributed by atoms with Gasteiger partial charge in [-0.1, -0.05) is 6.92 Å². The van der Waals surface area contributed by atoms with Crippen LogP contribution in [0.1, 0.15) is 31.6 Å². The Balaban J connectivity index is 2.60. The van der Waals surface area contributed by atoms with Gasteiger partial charge in [-0.15, -0.1) is 0 Å². The van der Waals surface area contributed by atoms with Gasteiger partial charge in [-0.2, -0.15) is 0 Å². The molecule has 6 N–H and O–H groups in total. The van der Waals surface area contributed by atoms with Gasteiger partial charge in [-0.3, -0.25) is 4.79 Å². The third kappa shape index (κ3) is 4.59. The molecular formula is C11H17N5O4. The van der Waals surface area contributed by atoms with E-state index in [9.17, 15) is 14.4 Å². The van der Waals surface area contributed by atoms with Crippen molar-refractivity contribution in [3.8, 4) is 0 Å². The number of nitrogens with zero attached hydrogens (tertiary/aromatic N) is 1. The minimum absolute atomic E-state index is 0.381. The van der Waals surface area contributed by atoms with Crippen LogP contribution in [0.2, 0.25) is 0 Å². The Kier molecular flexibility index (Phi) is 5.51. The number of aliphatic carboxylic acids is 1. The molecule has 1 aromatic rings. The van der Waals surface area contributed by atoms with Crippen LogP contribution in [0.4, 0.5) is 4.79 Å². The zero-order valence-electron chi connectivity index (χ0n) is 10.9. The van der Waals surface area contributed by atoms with Crippen LogP contribution in [0.5, 0.6) is 0 Å². The lowest BCUT2D eigenvalue weighted by Gasteiger charge is -2.18. The molecule has 0 aromatic carbocycles. The summed E-state index contributed by atoms with van der Waals surface area (Å²) in [5, 5.41) is 13.6. The number of urea groups is 1. The first-order valence-electron chi connectivity index (χ1n) is 6.01. The highest BCUT2D eigenvalue weighted by molar-refractivity contribution is 5.87. The second kappa shape index (κ2) is 7.12. The Morgan fingerprint density at radius 2 is 2.15 bits per heavy atom. The third-order valence-electron chi connectivity index (χ3n) is 2.57. The highest BCUT2D eigenvalue weighted by Crippen LogP contribution is 2.10. The first kappa shape index (κ1) is 15.5. The van der Waals surface area contributed by atoms with Crippen LogP contribution in [0, 0.1) is 0 Å². The smallest absolute Gasteiger partial charge is 0.326 e. The first-order chi connectivity index (χ1) is 9.43. The van der Waals surface area contributed by atoms with E-state index in [2.05, 4.69) is 20.6 Å². The number of carbonyl (C=O) groups excluding carboxylic acids is 2. The molecule has 0 radical (unpaired) electrons. The molecule has 0 bridgehead atoms. The summed E-state index contributed by atoms with van der Waals surface area (Å²) in [5.41, 5.74) is 4.92. The van der Waals surface area contributed by atoms with Gasteiger partial charge in [0.05, 0.1) is 12.5 Å². The quantitative estimate of drug-likeness (QED) is 0.456. The highest BCUT2D eigenvalue weighted by atomic mass is 16.4. The van der Waals surface area contributed by atoms with Crippen LogP contribution in [-0.4, -0.2) is 39.0 Å². The fourth-order valence-electron chi connectivity index (χ4n) is 1.59. The Morgan fingerprint density at radius 3 is 2.60 bits per heavy atom. The van der Waals surface area contributed by atoms with Crippen molar-refractivity contribution in [2.45, 2.75) is 31.8 Å². The average Bonchev–Trinajstić information content (AvgIpc) is 2.88. The normalized spacial score (nSPS) is 13.2. The second-order valence-corrected chi connectivity index (χ2v) is 4.11. The number of carbonyl (C=O) groups is 3. The van der Waals surface area contributed by atoms with Gasteiger partial charge < -0.3 is 26.5 Å². The number of aromatic amines is 1.